The van der Waals surface area contributed by atoms with E-state index >= 15 is 0 Å². The second kappa shape index (κ2) is 7.88. The molecule has 0 aromatic heterocycles. The topological polar surface area (TPSA) is 58.6 Å². The molecule has 1 saturated carbocycles. The number of ether oxygens (including phenoxy) is 1. The van der Waals surface area contributed by atoms with Crippen molar-refractivity contribution in [2.45, 2.75) is 38.5 Å². The Morgan fingerprint density at radius 2 is 2.08 bits per heavy atom. The number of hydrogen-bond donors (Lipinski definition) is 1. The monoisotopic (exact) mass is 350 g/mol. The van der Waals surface area contributed by atoms with Gasteiger partial charge in [0, 0.05) is 11.6 Å². The highest BCUT2D eigenvalue weighted by Gasteiger charge is 2.27. The lowest BCUT2D eigenvalue weighted by Gasteiger charge is -2.29. The normalized spacial score (nSPS) is 18.0. The third-order valence-electron chi connectivity index (χ3n) is 4.77. The van der Waals surface area contributed by atoms with E-state index in [1.54, 1.807) is 18.2 Å². The SMILES string of the molecule is O=C(CN1C(=O)COc2ccc(Cl)cc21)NCCC1CCCCC1. The number of nitrogens with zero attached hydrogens (tertiary/aromatic N) is 1. The fourth-order valence-electron chi connectivity index (χ4n) is 3.44. The number of rotatable bonds is 5. The molecule has 0 atom stereocenters. The Morgan fingerprint density at radius 3 is 2.88 bits per heavy atom. The third-order valence-corrected chi connectivity index (χ3v) is 5.00. The number of carbonyl (C=O) groups is 2. The van der Waals surface area contributed by atoms with Crippen molar-refractivity contribution in [3.63, 3.8) is 0 Å². The van der Waals surface area contributed by atoms with E-state index in [0.29, 0.717) is 23.0 Å². The van der Waals surface area contributed by atoms with Crippen LogP contribution in [0.5, 0.6) is 5.75 Å². The summed E-state index contributed by atoms with van der Waals surface area (Å²) in [6.45, 7) is 0.620. The standard InChI is InChI=1S/C18H23ClN2O3/c19-14-6-7-16-15(10-14)21(18(23)12-24-16)11-17(22)20-9-8-13-4-2-1-3-5-13/h6-7,10,13H,1-5,8-9,11-12H2,(H,20,22). The molecule has 3 rings (SSSR count). The van der Waals surface area contributed by atoms with E-state index in [1.165, 1.54) is 37.0 Å². The largest absolute Gasteiger partial charge is 0.482 e. The van der Waals surface area contributed by atoms with Crippen molar-refractivity contribution in [3.8, 4) is 5.75 Å². The molecule has 1 fully saturated rings. The maximum absolute atomic E-state index is 12.2. The predicted molar refractivity (Wildman–Crippen MR) is 93.5 cm³/mol. The van der Waals surface area contributed by atoms with E-state index in [1.807, 2.05) is 0 Å². The Morgan fingerprint density at radius 1 is 1.29 bits per heavy atom. The van der Waals surface area contributed by atoms with Crippen LogP contribution in [0, 0.1) is 5.92 Å². The van der Waals surface area contributed by atoms with Gasteiger partial charge in [0.15, 0.2) is 6.61 Å². The number of nitrogens with one attached hydrogen (secondary N) is 1. The fourth-order valence-corrected chi connectivity index (χ4v) is 3.61. The van der Waals surface area contributed by atoms with Crippen molar-refractivity contribution in [2.24, 2.45) is 5.92 Å². The molecule has 1 heterocycles. The summed E-state index contributed by atoms with van der Waals surface area (Å²) in [4.78, 5) is 25.8. The second-order valence-electron chi connectivity index (χ2n) is 6.52. The van der Waals surface area contributed by atoms with Crippen molar-refractivity contribution in [2.75, 3.05) is 24.6 Å². The van der Waals surface area contributed by atoms with Crippen LogP contribution in [0.2, 0.25) is 5.02 Å². The Bertz CT molecular complexity index is 614. The van der Waals surface area contributed by atoms with Gasteiger partial charge in [0.1, 0.15) is 12.3 Å². The molecule has 1 N–H and O–H groups in total. The molecule has 1 aliphatic carbocycles. The number of amides is 2. The van der Waals surface area contributed by atoms with Crippen molar-refractivity contribution in [1.82, 2.24) is 5.32 Å². The summed E-state index contributed by atoms with van der Waals surface area (Å²) in [6.07, 6.45) is 7.50. The van der Waals surface area contributed by atoms with E-state index in [4.69, 9.17) is 16.3 Å². The van der Waals surface area contributed by atoms with Crippen LogP contribution in [0.1, 0.15) is 38.5 Å². The molecule has 2 amide bonds. The van der Waals surface area contributed by atoms with Gasteiger partial charge in [-0.05, 0) is 30.5 Å². The average molecular weight is 351 g/mol. The third kappa shape index (κ3) is 4.20. The predicted octanol–water partition coefficient (Wildman–Crippen LogP) is 3.15. The second-order valence-corrected chi connectivity index (χ2v) is 6.96. The first-order chi connectivity index (χ1) is 11.6. The Kier molecular flexibility index (Phi) is 5.61. The molecule has 0 bridgehead atoms. The lowest BCUT2D eigenvalue weighted by atomic mass is 9.87. The summed E-state index contributed by atoms with van der Waals surface area (Å²) in [5.41, 5.74) is 0.557. The Hall–Kier alpha value is -1.75. The Labute approximate surface area is 147 Å². The number of carbonyl (C=O) groups excluding carboxylic acids is 2. The van der Waals surface area contributed by atoms with E-state index in [-0.39, 0.29) is 25.0 Å². The molecule has 0 spiro atoms. The molecule has 5 nitrogen and oxygen atoms in total. The zero-order chi connectivity index (χ0) is 16.9. The summed E-state index contributed by atoms with van der Waals surface area (Å²) < 4.78 is 5.38. The molecule has 2 aliphatic rings. The van der Waals surface area contributed by atoms with Crippen LogP contribution in [0.3, 0.4) is 0 Å². The van der Waals surface area contributed by atoms with Crippen molar-refractivity contribution < 1.29 is 14.3 Å². The van der Waals surface area contributed by atoms with Gasteiger partial charge in [0.2, 0.25) is 5.91 Å². The number of halogens is 1. The highest BCUT2D eigenvalue weighted by Crippen LogP contribution is 2.34. The van der Waals surface area contributed by atoms with Crippen molar-refractivity contribution in [3.05, 3.63) is 23.2 Å². The van der Waals surface area contributed by atoms with Gasteiger partial charge in [-0.15, -0.1) is 0 Å². The molecule has 1 aromatic carbocycles. The van der Waals surface area contributed by atoms with Crippen LogP contribution in [0.4, 0.5) is 5.69 Å². The minimum absolute atomic E-state index is 0.000201. The zero-order valence-electron chi connectivity index (χ0n) is 13.7. The van der Waals surface area contributed by atoms with Gasteiger partial charge in [-0.25, -0.2) is 0 Å². The maximum atomic E-state index is 12.2. The van der Waals surface area contributed by atoms with Crippen LogP contribution in [-0.4, -0.2) is 31.5 Å². The first-order valence-corrected chi connectivity index (χ1v) is 9.00. The van der Waals surface area contributed by atoms with Crippen molar-refractivity contribution in [1.29, 1.82) is 0 Å². The number of fused-ring (bicyclic) bond motifs is 1. The number of anilines is 1. The summed E-state index contributed by atoms with van der Waals surface area (Å²) in [7, 11) is 0. The van der Waals surface area contributed by atoms with E-state index in [9.17, 15) is 9.59 Å². The smallest absolute Gasteiger partial charge is 0.265 e. The van der Waals surface area contributed by atoms with Crippen LogP contribution in [0.15, 0.2) is 18.2 Å². The lowest BCUT2D eigenvalue weighted by molar-refractivity contribution is -0.125. The van der Waals surface area contributed by atoms with Gasteiger partial charge in [0.05, 0.1) is 5.69 Å². The first-order valence-electron chi connectivity index (χ1n) is 8.63. The highest BCUT2D eigenvalue weighted by molar-refractivity contribution is 6.31. The first kappa shape index (κ1) is 17.1. The zero-order valence-corrected chi connectivity index (χ0v) is 14.5. The Balaban J connectivity index is 1.54. The quantitative estimate of drug-likeness (QED) is 0.887. The van der Waals surface area contributed by atoms with Crippen LogP contribution in [-0.2, 0) is 9.59 Å². The summed E-state index contributed by atoms with van der Waals surface area (Å²) in [5, 5.41) is 3.45. The van der Waals surface area contributed by atoms with Crippen LogP contribution >= 0.6 is 11.6 Å². The number of benzene rings is 1. The minimum atomic E-state index is -0.229. The lowest BCUT2D eigenvalue weighted by Crippen LogP contribution is -2.45. The van der Waals surface area contributed by atoms with E-state index < -0.39 is 0 Å². The molecular formula is C18H23ClN2O3. The van der Waals surface area contributed by atoms with Gasteiger partial charge < -0.3 is 10.1 Å². The highest BCUT2D eigenvalue weighted by atomic mass is 35.5. The van der Waals surface area contributed by atoms with Gasteiger partial charge in [-0.3, -0.25) is 14.5 Å². The summed E-state index contributed by atoms with van der Waals surface area (Å²) in [5.74, 6) is 0.928. The van der Waals surface area contributed by atoms with Gasteiger partial charge in [-0.2, -0.15) is 0 Å². The molecule has 130 valence electrons. The van der Waals surface area contributed by atoms with Gasteiger partial charge >= 0.3 is 0 Å². The molecule has 0 radical (unpaired) electrons. The van der Waals surface area contributed by atoms with Crippen LogP contribution < -0.4 is 15.0 Å². The average Bonchev–Trinajstić information content (AvgIpc) is 2.58. The van der Waals surface area contributed by atoms with Gasteiger partial charge in [0.25, 0.3) is 5.91 Å². The summed E-state index contributed by atoms with van der Waals surface area (Å²) >= 11 is 6.00. The molecular weight excluding hydrogens is 328 g/mol. The molecule has 6 heteroatoms. The molecule has 0 unspecified atom stereocenters. The summed E-state index contributed by atoms with van der Waals surface area (Å²) in [6, 6.07) is 5.08. The molecule has 24 heavy (non-hydrogen) atoms. The van der Waals surface area contributed by atoms with E-state index in [2.05, 4.69) is 5.32 Å². The number of hydrogen-bond acceptors (Lipinski definition) is 3. The fraction of sp³-hybridized carbons (Fsp3) is 0.556. The van der Waals surface area contributed by atoms with Crippen molar-refractivity contribution >= 4 is 29.1 Å². The molecule has 0 saturated heterocycles. The van der Waals surface area contributed by atoms with Gasteiger partial charge in [-0.1, -0.05) is 43.7 Å². The maximum Gasteiger partial charge on any atom is 0.265 e. The minimum Gasteiger partial charge on any atom is -0.482 e. The van der Waals surface area contributed by atoms with E-state index in [0.717, 1.165) is 12.3 Å². The molecule has 1 aromatic rings. The molecule has 1 aliphatic heterocycles. The van der Waals surface area contributed by atoms with Crippen LogP contribution in [0.25, 0.3) is 0 Å².